The number of benzene rings is 1. The molecule has 1 amide bonds. The van der Waals surface area contributed by atoms with E-state index in [9.17, 15) is 13.2 Å². The first kappa shape index (κ1) is 22.5. The standard InChI is InChI=1S/C21H30N2O7S/c24-20(18-5-1-2-6-19(18)28-16-17-4-3-12-27-17)22-9-15-31(25,26)23-10-7-21(8-11-23)29-13-14-30-21/h1-2,5-6,17H,3-4,7-16H2,(H,22,24)/t17-/m0/s1. The Balaban J connectivity index is 1.26. The molecule has 0 aliphatic carbocycles. The van der Waals surface area contributed by atoms with E-state index in [2.05, 4.69) is 5.32 Å². The van der Waals surface area contributed by atoms with Crippen molar-refractivity contribution >= 4 is 15.9 Å². The van der Waals surface area contributed by atoms with Crippen molar-refractivity contribution in [2.24, 2.45) is 0 Å². The largest absolute Gasteiger partial charge is 0.490 e. The van der Waals surface area contributed by atoms with E-state index in [1.807, 2.05) is 0 Å². The lowest BCUT2D eigenvalue weighted by molar-refractivity contribution is -0.179. The van der Waals surface area contributed by atoms with Crippen LogP contribution in [-0.4, -0.2) is 82.3 Å². The lowest BCUT2D eigenvalue weighted by Gasteiger charge is -2.36. The van der Waals surface area contributed by atoms with Gasteiger partial charge in [0.2, 0.25) is 10.0 Å². The molecule has 3 saturated heterocycles. The highest BCUT2D eigenvalue weighted by Gasteiger charge is 2.42. The number of para-hydroxylation sites is 1. The molecule has 172 valence electrons. The highest BCUT2D eigenvalue weighted by molar-refractivity contribution is 7.89. The molecule has 0 bridgehead atoms. The van der Waals surface area contributed by atoms with Gasteiger partial charge >= 0.3 is 0 Å². The predicted molar refractivity (Wildman–Crippen MR) is 112 cm³/mol. The minimum Gasteiger partial charge on any atom is -0.490 e. The molecule has 4 rings (SSSR count). The second kappa shape index (κ2) is 9.83. The number of nitrogens with zero attached hydrogens (tertiary/aromatic N) is 1. The first-order chi connectivity index (χ1) is 15.0. The Hall–Kier alpha value is -1.72. The van der Waals surface area contributed by atoms with Gasteiger partial charge in [0.25, 0.3) is 5.91 Å². The van der Waals surface area contributed by atoms with E-state index in [1.165, 1.54) is 4.31 Å². The summed E-state index contributed by atoms with van der Waals surface area (Å²) in [5.74, 6) is -0.667. The fourth-order valence-corrected chi connectivity index (χ4v) is 5.50. The number of rotatable bonds is 8. The Bertz CT molecular complexity index is 854. The van der Waals surface area contributed by atoms with Crippen LogP contribution < -0.4 is 10.1 Å². The molecule has 0 radical (unpaired) electrons. The van der Waals surface area contributed by atoms with Crippen molar-refractivity contribution < 1.29 is 32.2 Å². The SMILES string of the molecule is O=C(NCCS(=O)(=O)N1CCC2(CC1)OCCO2)c1ccccc1OC[C@@H]1CCCO1. The zero-order valence-electron chi connectivity index (χ0n) is 17.6. The molecule has 3 aliphatic heterocycles. The smallest absolute Gasteiger partial charge is 0.255 e. The molecule has 1 atom stereocenters. The van der Waals surface area contributed by atoms with Gasteiger partial charge in [-0.05, 0) is 25.0 Å². The highest BCUT2D eigenvalue weighted by atomic mass is 32.2. The van der Waals surface area contributed by atoms with Crippen molar-refractivity contribution in [3.05, 3.63) is 29.8 Å². The molecule has 1 aromatic rings. The maximum absolute atomic E-state index is 12.7. The van der Waals surface area contributed by atoms with Crippen molar-refractivity contribution in [2.45, 2.75) is 37.6 Å². The maximum Gasteiger partial charge on any atom is 0.255 e. The molecule has 1 N–H and O–H groups in total. The Morgan fingerprint density at radius 1 is 1.16 bits per heavy atom. The summed E-state index contributed by atoms with van der Waals surface area (Å²) < 4.78 is 49.4. The zero-order valence-corrected chi connectivity index (χ0v) is 18.4. The van der Waals surface area contributed by atoms with E-state index in [1.54, 1.807) is 24.3 Å². The Labute approximate surface area is 183 Å². The third-order valence-corrected chi connectivity index (χ3v) is 7.79. The number of amides is 1. The van der Waals surface area contributed by atoms with Gasteiger partial charge < -0.3 is 24.3 Å². The number of hydrogen-bond acceptors (Lipinski definition) is 7. The third kappa shape index (κ3) is 5.56. The summed E-state index contributed by atoms with van der Waals surface area (Å²) in [7, 11) is -3.48. The molecule has 3 aliphatic rings. The molecule has 9 nitrogen and oxygen atoms in total. The normalized spacial score (nSPS) is 23.8. The molecule has 3 heterocycles. The Kier molecular flexibility index (Phi) is 7.12. The van der Waals surface area contributed by atoms with E-state index >= 15 is 0 Å². The van der Waals surface area contributed by atoms with Crippen molar-refractivity contribution in [2.75, 3.05) is 51.8 Å². The second-order valence-corrected chi connectivity index (χ2v) is 10.1. The molecule has 0 aromatic heterocycles. The number of carbonyl (C=O) groups excluding carboxylic acids is 1. The van der Waals surface area contributed by atoms with Crippen LogP contribution in [0, 0.1) is 0 Å². The first-order valence-corrected chi connectivity index (χ1v) is 12.5. The van der Waals surface area contributed by atoms with Crippen LogP contribution in [0.25, 0.3) is 0 Å². The van der Waals surface area contributed by atoms with Crippen LogP contribution in [0.4, 0.5) is 0 Å². The van der Waals surface area contributed by atoms with E-state index in [-0.39, 0.29) is 24.3 Å². The molecular weight excluding hydrogens is 424 g/mol. The fraction of sp³-hybridized carbons (Fsp3) is 0.667. The fourth-order valence-electron chi connectivity index (χ4n) is 4.15. The van der Waals surface area contributed by atoms with E-state index in [4.69, 9.17) is 18.9 Å². The van der Waals surface area contributed by atoms with Crippen molar-refractivity contribution in [1.82, 2.24) is 9.62 Å². The second-order valence-electron chi connectivity index (χ2n) is 8.02. The van der Waals surface area contributed by atoms with Gasteiger partial charge in [0, 0.05) is 39.1 Å². The molecule has 1 spiro atoms. The minimum atomic E-state index is -3.48. The molecule has 1 aromatic carbocycles. The average Bonchev–Trinajstić information content (AvgIpc) is 3.45. The summed E-state index contributed by atoms with van der Waals surface area (Å²) in [4.78, 5) is 12.6. The monoisotopic (exact) mass is 454 g/mol. The van der Waals surface area contributed by atoms with Crippen LogP contribution in [0.15, 0.2) is 24.3 Å². The Morgan fingerprint density at radius 2 is 1.90 bits per heavy atom. The van der Waals surface area contributed by atoms with E-state index in [0.29, 0.717) is 57.1 Å². The lowest BCUT2D eigenvalue weighted by Crippen LogP contribution is -2.48. The number of hydrogen-bond donors (Lipinski definition) is 1. The van der Waals surface area contributed by atoms with Crippen LogP contribution in [0.1, 0.15) is 36.0 Å². The van der Waals surface area contributed by atoms with Gasteiger partial charge in [0.15, 0.2) is 5.79 Å². The van der Waals surface area contributed by atoms with Gasteiger partial charge in [-0.1, -0.05) is 12.1 Å². The molecule has 10 heteroatoms. The van der Waals surface area contributed by atoms with Gasteiger partial charge in [-0.15, -0.1) is 0 Å². The topological polar surface area (TPSA) is 103 Å². The summed E-state index contributed by atoms with van der Waals surface area (Å²) in [5.41, 5.74) is 0.383. The minimum absolute atomic E-state index is 0.0237. The number of ether oxygens (including phenoxy) is 4. The number of nitrogens with one attached hydrogen (secondary N) is 1. The summed E-state index contributed by atoms with van der Waals surface area (Å²) in [6.07, 6.45) is 3.05. The van der Waals surface area contributed by atoms with Gasteiger partial charge in [-0.25, -0.2) is 12.7 Å². The third-order valence-electron chi connectivity index (χ3n) is 5.92. The highest BCUT2D eigenvalue weighted by Crippen LogP contribution is 2.32. The van der Waals surface area contributed by atoms with E-state index in [0.717, 1.165) is 19.4 Å². The van der Waals surface area contributed by atoms with Gasteiger partial charge in [-0.2, -0.15) is 0 Å². The van der Waals surface area contributed by atoms with Crippen LogP contribution in [-0.2, 0) is 24.2 Å². The molecule has 0 unspecified atom stereocenters. The van der Waals surface area contributed by atoms with Crippen LogP contribution >= 0.6 is 0 Å². The molecule has 0 saturated carbocycles. The van der Waals surface area contributed by atoms with Crippen molar-refractivity contribution in [3.8, 4) is 5.75 Å². The van der Waals surface area contributed by atoms with Gasteiger partial charge in [-0.3, -0.25) is 4.79 Å². The van der Waals surface area contributed by atoms with E-state index < -0.39 is 15.8 Å². The maximum atomic E-state index is 12.7. The van der Waals surface area contributed by atoms with Gasteiger partial charge in [0.1, 0.15) is 12.4 Å². The van der Waals surface area contributed by atoms with Crippen LogP contribution in [0.2, 0.25) is 0 Å². The average molecular weight is 455 g/mol. The molecule has 3 fully saturated rings. The quantitative estimate of drug-likeness (QED) is 0.628. The predicted octanol–water partition coefficient (Wildman–Crippen LogP) is 1.14. The number of piperidine rings is 1. The van der Waals surface area contributed by atoms with Crippen molar-refractivity contribution in [3.63, 3.8) is 0 Å². The summed E-state index contributed by atoms with van der Waals surface area (Å²) in [5, 5.41) is 2.71. The lowest BCUT2D eigenvalue weighted by atomic mass is 10.1. The summed E-state index contributed by atoms with van der Waals surface area (Å²) >= 11 is 0. The van der Waals surface area contributed by atoms with Crippen LogP contribution in [0.3, 0.4) is 0 Å². The number of carbonyl (C=O) groups is 1. The summed E-state index contributed by atoms with van der Waals surface area (Å²) in [6, 6.07) is 6.95. The molecular formula is C21H30N2O7S. The molecule has 31 heavy (non-hydrogen) atoms. The summed E-state index contributed by atoms with van der Waals surface area (Å²) in [6.45, 7) is 2.97. The zero-order chi connectivity index (χ0) is 21.7. The Morgan fingerprint density at radius 3 is 2.61 bits per heavy atom. The van der Waals surface area contributed by atoms with Crippen molar-refractivity contribution in [1.29, 1.82) is 0 Å². The number of sulfonamides is 1. The van der Waals surface area contributed by atoms with Crippen LogP contribution in [0.5, 0.6) is 5.75 Å². The van der Waals surface area contributed by atoms with Gasteiger partial charge in [0.05, 0.1) is 30.6 Å². The first-order valence-electron chi connectivity index (χ1n) is 10.8.